The van der Waals surface area contributed by atoms with Crippen LogP contribution in [0.5, 0.6) is 0 Å². The van der Waals surface area contributed by atoms with E-state index in [4.69, 9.17) is 10.7 Å². The second kappa shape index (κ2) is 10.0. The van der Waals surface area contributed by atoms with Crippen molar-refractivity contribution in [3.63, 3.8) is 0 Å². The van der Waals surface area contributed by atoms with Gasteiger partial charge in [-0.2, -0.15) is 0 Å². The molecule has 0 bridgehead atoms. The van der Waals surface area contributed by atoms with Gasteiger partial charge in [0.25, 0.3) is 5.91 Å². The first kappa shape index (κ1) is 21.5. The molecule has 1 saturated carbocycles. The van der Waals surface area contributed by atoms with Crippen LogP contribution in [0.4, 0.5) is 11.5 Å². The van der Waals surface area contributed by atoms with Crippen LogP contribution >= 0.6 is 0 Å². The molecule has 0 aliphatic heterocycles. The smallest absolute Gasteiger partial charge is 0.328 e. The molecule has 1 amide bonds. The number of carbonyl (C=O) groups is 2. The summed E-state index contributed by atoms with van der Waals surface area (Å²) >= 11 is 0. The molecule has 7 nitrogen and oxygen atoms in total. The Morgan fingerprint density at radius 1 is 1.20 bits per heavy atom. The fourth-order valence-corrected chi connectivity index (χ4v) is 3.74. The lowest BCUT2D eigenvalue weighted by Crippen LogP contribution is -2.39. The fourth-order valence-electron chi connectivity index (χ4n) is 3.74. The highest BCUT2D eigenvalue weighted by atomic mass is 16.5. The average molecular weight is 409 g/mol. The van der Waals surface area contributed by atoms with E-state index in [2.05, 4.69) is 15.0 Å². The third-order valence-corrected chi connectivity index (χ3v) is 5.37. The SMILES string of the molecule is COC(=O)C(C)NC(=O)c1ccc(C(=Nc2ccccn2)C2CCCCC2)c(N)c1. The number of carbonyl (C=O) groups excluding carboxylic acids is 2. The van der Waals surface area contributed by atoms with Crippen LogP contribution in [-0.2, 0) is 9.53 Å². The molecule has 0 radical (unpaired) electrons. The van der Waals surface area contributed by atoms with E-state index in [0.717, 1.165) is 37.0 Å². The Bertz CT molecular complexity index is 921. The van der Waals surface area contributed by atoms with E-state index in [1.54, 1.807) is 25.3 Å². The molecule has 3 rings (SSSR count). The Morgan fingerprint density at radius 2 is 1.97 bits per heavy atom. The summed E-state index contributed by atoms with van der Waals surface area (Å²) in [6.45, 7) is 1.57. The van der Waals surface area contributed by atoms with Crippen LogP contribution in [0.25, 0.3) is 0 Å². The maximum absolute atomic E-state index is 12.5. The molecule has 2 aromatic rings. The molecule has 158 valence electrons. The molecule has 1 atom stereocenters. The Kier molecular flexibility index (Phi) is 7.17. The number of nitrogens with one attached hydrogen (secondary N) is 1. The quantitative estimate of drug-likeness (QED) is 0.431. The number of aromatic nitrogens is 1. The van der Waals surface area contributed by atoms with Gasteiger partial charge in [0.15, 0.2) is 5.82 Å². The van der Waals surface area contributed by atoms with E-state index >= 15 is 0 Å². The molecule has 1 aromatic carbocycles. The van der Waals surface area contributed by atoms with Gasteiger partial charge in [-0.1, -0.05) is 31.4 Å². The van der Waals surface area contributed by atoms with Gasteiger partial charge in [-0.05, 0) is 44.0 Å². The molecule has 1 heterocycles. The van der Waals surface area contributed by atoms with E-state index in [0.29, 0.717) is 23.0 Å². The number of hydrogen-bond acceptors (Lipinski definition) is 6. The lowest BCUT2D eigenvalue weighted by Gasteiger charge is -2.24. The highest BCUT2D eigenvalue weighted by molar-refractivity contribution is 6.08. The van der Waals surface area contributed by atoms with Crippen LogP contribution in [0.1, 0.15) is 54.9 Å². The number of nitrogens with two attached hydrogens (primary N) is 1. The zero-order chi connectivity index (χ0) is 21.5. The minimum atomic E-state index is -0.744. The van der Waals surface area contributed by atoms with Gasteiger partial charge >= 0.3 is 5.97 Å². The van der Waals surface area contributed by atoms with Crippen molar-refractivity contribution < 1.29 is 14.3 Å². The number of pyridine rings is 1. The van der Waals surface area contributed by atoms with E-state index in [9.17, 15) is 9.59 Å². The molecule has 7 heteroatoms. The number of hydrogen-bond donors (Lipinski definition) is 2. The largest absolute Gasteiger partial charge is 0.467 e. The summed E-state index contributed by atoms with van der Waals surface area (Å²) in [5.74, 6) is 0.0651. The zero-order valence-electron chi connectivity index (χ0n) is 17.4. The van der Waals surface area contributed by atoms with E-state index < -0.39 is 12.0 Å². The van der Waals surface area contributed by atoms with Gasteiger partial charge in [-0.15, -0.1) is 0 Å². The lowest BCUT2D eigenvalue weighted by molar-refractivity contribution is -0.142. The van der Waals surface area contributed by atoms with E-state index in [1.165, 1.54) is 13.5 Å². The number of benzene rings is 1. The third-order valence-electron chi connectivity index (χ3n) is 5.37. The number of anilines is 1. The summed E-state index contributed by atoms with van der Waals surface area (Å²) in [7, 11) is 1.28. The zero-order valence-corrected chi connectivity index (χ0v) is 17.4. The van der Waals surface area contributed by atoms with Gasteiger partial charge in [0.1, 0.15) is 6.04 Å². The highest BCUT2D eigenvalue weighted by Gasteiger charge is 2.24. The van der Waals surface area contributed by atoms with Crippen molar-refractivity contribution in [1.82, 2.24) is 10.3 Å². The Labute approximate surface area is 176 Å². The summed E-state index contributed by atoms with van der Waals surface area (Å²) in [4.78, 5) is 33.2. The summed E-state index contributed by atoms with van der Waals surface area (Å²) in [5.41, 5.74) is 8.97. The van der Waals surface area contributed by atoms with Gasteiger partial charge in [0, 0.05) is 28.9 Å². The van der Waals surface area contributed by atoms with Crippen LogP contribution in [0.2, 0.25) is 0 Å². The number of amides is 1. The third kappa shape index (κ3) is 5.23. The minimum absolute atomic E-state index is 0.307. The van der Waals surface area contributed by atoms with Crippen molar-refractivity contribution in [3.8, 4) is 0 Å². The van der Waals surface area contributed by atoms with Gasteiger partial charge in [0.05, 0.1) is 12.8 Å². The predicted molar refractivity (Wildman–Crippen MR) is 117 cm³/mol. The number of nitrogens with zero attached hydrogens (tertiary/aromatic N) is 2. The molecule has 0 saturated heterocycles. The Morgan fingerprint density at radius 3 is 2.60 bits per heavy atom. The molecule has 30 heavy (non-hydrogen) atoms. The van der Waals surface area contributed by atoms with Crippen molar-refractivity contribution in [2.24, 2.45) is 10.9 Å². The Balaban J connectivity index is 1.90. The monoisotopic (exact) mass is 408 g/mol. The van der Waals surface area contributed by atoms with Crippen LogP contribution in [0.3, 0.4) is 0 Å². The first-order chi connectivity index (χ1) is 14.5. The number of esters is 1. The van der Waals surface area contributed by atoms with Gasteiger partial charge in [0.2, 0.25) is 0 Å². The molecule has 0 spiro atoms. The Hall–Kier alpha value is -3.22. The van der Waals surface area contributed by atoms with Crippen LogP contribution < -0.4 is 11.1 Å². The molecule has 1 aromatic heterocycles. The number of nitrogen functional groups attached to an aromatic ring is 1. The van der Waals surface area contributed by atoms with E-state index in [1.807, 2.05) is 24.3 Å². The fraction of sp³-hybridized carbons (Fsp3) is 0.391. The van der Waals surface area contributed by atoms with Gasteiger partial charge in [-0.25, -0.2) is 14.8 Å². The highest BCUT2D eigenvalue weighted by Crippen LogP contribution is 2.31. The second-order valence-electron chi connectivity index (χ2n) is 7.54. The average Bonchev–Trinajstić information content (AvgIpc) is 2.78. The van der Waals surface area contributed by atoms with Crippen LogP contribution in [0.15, 0.2) is 47.6 Å². The maximum Gasteiger partial charge on any atom is 0.328 e. The minimum Gasteiger partial charge on any atom is -0.467 e. The molecule has 3 N–H and O–H groups in total. The molecule has 1 fully saturated rings. The van der Waals surface area contributed by atoms with Gasteiger partial charge < -0.3 is 15.8 Å². The van der Waals surface area contributed by atoms with Crippen molar-refractivity contribution in [2.45, 2.75) is 45.1 Å². The normalized spacial score (nSPS) is 16.0. The van der Waals surface area contributed by atoms with Crippen molar-refractivity contribution in [1.29, 1.82) is 0 Å². The molecule has 1 aliphatic carbocycles. The summed E-state index contributed by atoms with van der Waals surface area (Å²) in [5, 5.41) is 2.62. The number of rotatable bonds is 6. The number of aliphatic imine (C=N–C) groups is 1. The molecule has 1 aliphatic rings. The molecular weight excluding hydrogens is 380 g/mol. The topological polar surface area (TPSA) is 107 Å². The van der Waals surface area contributed by atoms with E-state index in [-0.39, 0.29) is 5.91 Å². The summed E-state index contributed by atoms with van der Waals surface area (Å²) in [6.07, 6.45) is 7.40. The molecular formula is C23H28N4O3. The summed E-state index contributed by atoms with van der Waals surface area (Å²) < 4.78 is 4.65. The lowest BCUT2D eigenvalue weighted by atomic mass is 9.82. The number of ether oxygens (including phenoxy) is 1. The van der Waals surface area contributed by atoms with Gasteiger partial charge in [-0.3, -0.25) is 4.79 Å². The van der Waals surface area contributed by atoms with Crippen LogP contribution in [0, 0.1) is 5.92 Å². The van der Waals surface area contributed by atoms with Crippen molar-refractivity contribution in [3.05, 3.63) is 53.7 Å². The first-order valence-corrected chi connectivity index (χ1v) is 10.3. The predicted octanol–water partition coefficient (Wildman–Crippen LogP) is 3.66. The maximum atomic E-state index is 12.5. The molecule has 1 unspecified atom stereocenters. The number of methoxy groups -OCH3 is 1. The second-order valence-corrected chi connectivity index (χ2v) is 7.54. The van der Waals surface area contributed by atoms with Crippen molar-refractivity contribution in [2.75, 3.05) is 12.8 Å². The summed E-state index contributed by atoms with van der Waals surface area (Å²) in [6, 6.07) is 10.1. The first-order valence-electron chi connectivity index (χ1n) is 10.3. The standard InChI is InChI=1S/C23H28N4O3/c1-15(23(29)30-2)26-22(28)17-11-12-18(19(24)14-17)21(16-8-4-3-5-9-16)27-20-10-6-7-13-25-20/h6-7,10-16H,3-5,8-9,24H2,1-2H3,(H,26,28). The van der Waals surface area contributed by atoms with Crippen LogP contribution in [-0.4, -0.2) is 35.7 Å². The van der Waals surface area contributed by atoms with Crippen molar-refractivity contribution >= 4 is 29.1 Å².